The van der Waals surface area contributed by atoms with Crippen LogP contribution >= 0.6 is 0 Å². The number of carbonyl (C=O) groups excluding carboxylic acids is 1. The molecule has 1 aliphatic carbocycles. The predicted molar refractivity (Wildman–Crippen MR) is 141 cm³/mol. The van der Waals surface area contributed by atoms with Gasteiger partial charge in [-0.25, -0.2) is 4.99 Å². The van der Waals surface area contributed by atoms with Crippen LogP contribution in [0.3, 0.4) is 0 Å². The minimum Gasteiger partial charge on any atom is -0.397 e. The van der Waals surface area contributed by atoms with Crippen LogP contribution in [0.1, 0.15) is 38.5 Å². The van der Waals surface area contributed by atoms with E-state index in [4.69, 9.17) is 10.7 Å². The molecule has 0 amide bonds. The van der Waals surface area contributed by atoms with Gasteiger partial charge in [0.15, 0.2) is 0 Å². The Morgan fingerprint density at radius 2 is 1.24 bits per heavy atom. The normalized spacial score (nSPS) is 20.2. The number of piperidine rings is 2. The third-order valence-corrected chi connectivity index (χ3v) is 6.82. The fourth-order valence-corrected chi connectivity index (χ4v) is 4.87. The van der Waals surface area contributed by atoms with Crippen molar-refractivity contribution in [3.05, 3.63) is 72.1 Å². The molecule has 0 spiro atoms. The van der Waals surface area contributed by atoms with Crippen LogP contribution in [-0.2, 0) is 4.79 Å². The number of carbonyl (C=O) groups is 1. The minimum absolute atomic E-state index is 0.142. The molecule has 2 aromatic carbocycles. The first-order valence-corrected chi connectivity index (χ1v) is 12.4. The monoisotopic (exact) mass is 455 g/mol. The molecule has 2 aromatic rings. The molecule has 2 saturated heterocycles. The summed E-state index contributed by atoms with van der Waals surface area (Å²) in [5.74, 6) is -0.142. The maximum Gasteiger partial charge on any atom is 0.204 e. The van der Waals surface area contributed by atoms with Crippen LogP contribution in [0.4, 0.5) is 22.7 Å². The van der Waals surface area contributed by atoms with Crippen molar-refractivity contribution in [1.29, 1.82) is 0 Å². The zero-order valence-electron chi connectivity index (χ0n) is 19.7. The van der Waals surface area contributed by atoms with Gasteiger partial charge in [0.1, 0.15) is 0 Å². The van der Waals surface area contributed by atoms with E-state index in [2.05, 4.69) is 39.4 Å². The lowest BCUT2D eigenvalue weighted by atomic mass is 10.1. The SMILES string of the molecule is NC1=CC(=O)C(Nc2ccc(N3CCCCC3)cc2)=CC1=Nc1ccc(N2CCCCC2)cc1. The molecular weight excluding hydrogens is 422 g/mol. The molecule has 2 fully saturated rings. The third kappa shape index (κ3) is 5.16. The van der Waals surface area contributed by atoms with Crippen molar-refractivity contribution in [1.82, 2.24) is 0 Å². The van der Waals surface area contributed by atoms with Crippen molar-refractivity contribution in [2.75, 3.05) is 41.3 Å². The van der Waals surface area contributed by atoms with Gasteiger partial charge < -0.3 is 20.9 Å². The maximum absolute atomic E-state index is 12.6. The molecule has 2 heterocycles. The molecule has 0 unspecified atom stereocenters. The van der Waals surface area contributed by atoms with Crippen LogP contribution in [0.25, 0.3) is 0 Å². The highest BCUT2D eigenvalue weighted by atomic mass is 16.1. The Morgan fingerprint density at radius 1 is 0.706 bits per heavy atom. The van der Waals surface area contributed by atoms with Gasteiger partial charge in [0.25, 0.3) is 0 Å². The molecule has 3 N–H and O–H groups in total. The van der Waals surface area contributed by atoms with Gasteiger partial charge in [0.05, 0.1) is 22.8 Å². The molecule has 0 aromatic heterocycles. The van der Waals surface area contributed by atoms with E-state index >= 15 is 0 Å². The summed E-state index contributed by atoms with van der Waals surface area (Å²) in [5.41, 5.74) is 11.8. The summed E-state index contributed by atoms with van der Waals surface area (Å²) in [6.07, 6.45) is 10.8. The largest absolute Gasteiger partial charge is 0.397 e. The molecule has 6 heteroatoms. The topological polar surface area (TPSA) is 74.0 Å². The molecule has 0 radical (unpaired) electrons. The van der Waals surface area contributed by atoms with Gasteiger partial charge in [-0.1, -0.05) is 0 Å². The Hall–Kier alpha value is -3.54. The summed E-state index contributed by atoms with van der Waals surface area (Å²) in [6.45, 7) is 4.45. The number of anilines is 3. The number of ketones is 1. The number of aliphatic imine (C=N–C) groups is 1. The number of hydrogen-bond donors (Lipinski definition) is 2. The van der Waals surface area contributed by atoms with Crippen LogP contribution in [0.2, 0.25) is 0 Å². The molecule has 2 aliphatic heterocycles. The summed E-state index contributed by atoms with van der Waals surface area (Å²) in [4.78, 5) is 22.1. The number of rotatable bonds is 5. The van der Waals surface area contributed by atoms with Gasteiger partial charge >= 0.3 is 0 Å². The molecule has 176 valence electrons. The lowest BCUT2D eigenvalue weighted by Gasteiger charge is -2.29. The van der Waals surface area contributed by atoms with E-state index in [9.17, 15) is 4.79 Å². The molecular formula is C28H33N5O. The Kier molecular flexibility index (Phi) is 6.65. The molecule has 3 aliphatic rings. The second-order valence-corrected chi connectivity index (χ2v) is 9.30. The molecule has 0 bridgehead atoms. The molecule has 5 rings (SSSR count). The van der Waals surface area contributed by atoms with Gasteiger partial charge in [-0.2, -0.15) is 0 Å². The smallest absolute Gasteiger partial charge is 0.204 e. The summed E-state index contributed by atoms with van der Waals surface area (Å²) in [6, 6.07) is 16.5. The number of hydrogen-bond acceptors (Lipinski definition) is 6. The van der Waals surface area contributed by atoms with E-state index in [-0.39, 0.29) is 5.78 Å². The second-order valence-electron chi connectivity index (χ2n) is 9.30. The molecule has 34 heavy (non-hydrogen) atoms. The quantitative estimate of drug-likeness (QED) is 0.609. The lowest BCUT2D eigenvalue weighted by molar-refractivity contribution is -0.111. The van der Waals surface area contributed by atoms with Crippen LogP contribution in [0.5, 0.6) is 0 Å². The fraction of sp³-hybridized carbons (Fsp3) is 0.357. The number of nitrogens with two attached hydrogens (primary N) is 1. The standard InChI is InChI=1S/C28H33N5O/c29-25-19-28(34)27(31-22-9-13-24(14-10-22)33-17-5-2-6-18-33)20-26(25)30-21-7-11-23(12-8-21)32-15-3-1-4-16-32/h7-14,19-20,31H,1-6,15-18,29H2. The highest BCUT2D eigenvalue weighted by molar-refractivity contribution is 6.23. The van der Waals surface area contributed by atoms with E-state index in [1.807, 2.05) is 24.3 Å². The van der Waals surface area contributed by atoms with E-state index in [0.717, 1.165) is 37.6 Å². The Labute approximate surface area is 201 Å². The summed E-state index contributed by atoms with van der Waals surface area (Å²) < 4.78 is 0. The molecule has 0 saturated carbocycles. The van der Waals surface area contributed by atoms with Crippen molar-refractivity contribution in [3.8, 4) is 0 Å². The number of benzene rings is 2. The van der Waals surface area contributed by atoms with Crippen molar-refractivity contribution >= 4 is 34.2 Å². The van der Waals surface area contributed by atoms with Crippen LogP contribution < -0.4 is 20.9 Å². The average Bonchev–Trinajstić information content (AvgIpc) is 2.89. The van der Waals surface area contributed by atoms with Crippen LogP contribution in [-0.4, -0.2) is 37.7 Å². The Bertz CT molecular complexity index is 1100. The number of allylic oxidation sites excluding steroid dienone is 2. The van der Waals surface area contributed by atoms with Crippen molar-refractivity contribution in [2.24, 2.45) is 10.7 Å². The van der Waals surface area contributed by atoms with Gasteiger partial charge in [0.2, 0.25) is 5.78 Å². The summed E-state index contributed by atoms with van der Waals surface area (Å²) >= 11 is 0. The molecule has 6 nitrogen and oxygen atoms in total. The third-order valence-electron chi connectivity index (χ3n) is 6.82. The predicted octanol–water partition coefficient (Wildman–Crippen LogP) is 5.16. The lowest BCUT2D eigenvalue weighted by Crippen LogP contribution is -2.29. The van der Waals surface area contributed by atoms with Crippen molar-refractivity contribution in [2.45, 2.75) is 38.5 Å². The minimum atomic E-state index is -0.142. The fourth-order valence-electron chi connectivity index (χ4n) is 4.87. The van der Waals surface area contributed by atoms with Crippen molar-refractivity contribution < 1.29 is 4.79 Å². The first kappa shape index (κ1) is 22.3. The van der Waals surface area contributed by atoms with E-state index in [1.165, 1.54) is 56.0 Å². The second kappa shape index (κ2) is 10.2. The maximum atomic E-state index is 12.6. The van der Waals surface area contributed by atoms with Crippen LogP contribution in [0.15, 0.2) is 77.1 Å². The molecule has 0 atom stereocenters. The zero-order valence-corrected chi connectivity index (χ0v) is 19.7. The number of nitrogens with one attached hydrogen (secondary N) is 1. The van der Waals surface area contributed by atoms with Crippen molar-refractivity contribution in [3.63, 3.8) is 0 Å². The van der Waals surface area contributed by atoms with Gasteiger partial charge in [-0.15, -0.1) is 0 Å². The zero-order chi connectivity index (χ0) is 23.3. The Morgan fingerprint density at radius 3 is 1.79 bits per heavy atom. The van der Waals surface area contributed by atoms with Gasteiger partial charge in [-0.3, -0.25) is 4.79 Å². The van der Waals surface area contributed by atoms with E-state index in [0.29, 0.717) is 17.1 Å². The first-order valence-electron chi connectivity index (χ1n) is 12.4. The van der Waals surface area contributed by atoms with Crippen LogP contribution in [0, 0.1) is 0 Å². The summed E-state index contributed by atoms with van der Waals surface area (Å²) in [7, 11) is 0. The number of nitrogens with zero attached hydrogens (tertiary/aromatic N) is 3. The van der Waals surface area contributed by atoms with E-state index < -0.39 is 0 Å². The van der Waals surface area contributed by atoms with E-state index in [1.54, 1.807) is 6.08 Å². The summed E-state index contributed by atoms with van der Waals surface area (Å²) in [5, 5.41) is 3.25. The van der Waals surface area contributed by atoms with Gasteiger partial charge in [-0.05, 0) is 93.1 Å². The highest BCUT2D eigenvalue weighted by Gasteiger charge is 2.18. The van der Waals surface area contributed by atoms with Gasteiger partial charge in [0, 0.05) is 49.3 Å². The Balaban J connectivity index is 1.30. The first-order chi connectivity index (χ1) is 16.7. The highest BCUT2D eigenvalue weighted by Crippen LogP contribution is 2.26. The average molecular weight is 456 g/mol.